The second-order valence-electron chi connectivity index (χ2n) is 10.8. The van der Waals surface area contributed by atoms with Crippen LogP contribution in [0.1, 0.15) is 17.7 Å². The maximum absolute atomic E-state index is 12.9. The van der Waals surface area contributed by atoms with Gasteiger partial charge in [0.25, 0.3) is 5.95 Å². The Hall–Kier alpha value is -3.68. The van der Waals surface area contributed by atoms with E-state index >= 15 is 0 Å². The molecule has 0 unspecified atom stereocenters. The standard InChI is InChI=1S/C28H40N6O6Si/c1-19-8-10-22(41(4,5)6)31-25(19)40-23-11-9-20(39-23)18-21(35)30-24-26(36-2)32-28(33-27(24)37-3)29-12-7-13-34-14-16-38-17-15-34/h8-11H,7,12-18H2,1-6H3,(H,30,35)(H,29,32,33). The number of nitrogens with one attached hydrogen (secondary N) is 2. The molecule has 1 fully saturated rings. The Morgan fingerprint density at radius 3 is 2.37 bits per heavy atom. The SMILES string of the molecule is COc1nc(NCCCN2CCOCC2)nc(OC)c1NC(=O)Cc1ccc(Oc2nc([Si](C)(C)C)ccc2C)o1. The predicted octanol–water partition coefficient (Wildman–Crippen LogP) is 3.44. The van der Waals surface area contributed by atoms with Crippen LogP contribution in [-0.4, -0.2) is 87.4 Å². The fraction of sp³-hybridized carbons (Fsp3) is 0.500. The second-order valence-corrected chi connectivity index (χ2v) is 15.8. The number of anilines is 2. The van der Waals surface area contributed by atoms with Gasteiger partial charge in [-0.2, -0.15) is 9.97 Å². The van der Waals surface area contributed by atoms with E-state index in [0.29, 0.717) is 24.1 Å². The van der Waals surface area contributed by atoms with Crippen LogP contribution < -0.4 is 30.2 Å². The molecule has 0 radical (unpaired) electrons. The van der Waals surface area contributed by atoms with E-state index in [1.165, 1.54) is 14.2 Å². The number of carbonyl (C=O) groups is 1. The molecule has 4 heterocycles. The molecule has 0 atom stereocenters. The lowest BCUT2D eigenvalue weighted by atomic mass is 10.3. The minimum atomic E-state index is -1.61. The van der Waals surface area contributed by atoms with Crippen LogP contribution in [0.4, 0.5) is 11.6 Å². The molecule has 0 saturated carbocycles. The van der Waals surface area contributed by atoms with E-state index in [-0.39, 0.29) is 35.7 Å². The molecule has 0 aromatic carbocycles. The molecule has 2 N–H and O–H groups in total. The van der Waals surface area contributed by atoms with Crippen molar-refractivity contribution in [3.8, 4) is 23.6 Å². The third-order valence-corrected chi connectivity index (χ3v) is 8.34. The largest absolute Gasteiger partial charge is 0.479 e. The summed E-state index contributed by atoms with van der Waals surface area (Å²) in [6, 6.07) is 7.42. The highest BCUT2D eigenvalue weighted by Gasteiger charge is 2.22. The van der Waals surface area contributed by atoms with E-state index in [4.69, 9.17) is 28.3 Å². The van der Waals surface area contributed by atoms with Crippen LogP contribution in [0, 0.1) is 6.92 Å². The summed E-state index contributed by atoms with van der Waals surface area (Å²) in [5.41, 5.74) is 1.14. The Bertz CT molecular complexity index is 1300. The average Bonchev–Trinajstić information content (AvgIpc) is 3.39. The number of aromatic nitrogens is 3. The van der Waals surface area contributed by atoms with Crippen molar-refractivity contribution in [1.82, 2.24) is 19.9 Å². The lowest BCUT2D eigenvalue weighted by Crippen LogP contribution is -2.40. The molecule has 1 amide bonds. The smallest absolute Gasteiger partial charge is 0.291 e. The van der Waals surface area contributed by atoms with Crippen molar-refractivity contribution in [3.05, 3.63) is 35.6 Å². The molecule has 12 nitrogen and oxygen atoms in total. The van der Waals surface area contributed by atoms with Crippen LogP contribution >= 0.6 is 0 Å². The van der Waals surface area contributed by atoms with Crippen molar-refractivity contribution < 1.29 is 28.2 Å². The summed E-state index contributed by atoms with van der Waals surface area (Å²) in [5, 5.41) is 7.04. The molecule has 13 heteroatoms. The predicted molar refractivity (Wildman–Crippen MR) is 159 cm³/mol. The maximum Gasteiger partial charge on any atom is 0.291 e. The monoisotopic (exact) mass is 584 g/mol. The van der Waals surface area contributed by atoms with Gasteiger partial charge in [0.2, 0.25) is 29.5 Å². The normalized spacial score (nSPS) is 14.0. The second kappa shape index (κ2) is 13.8. The summed E-state index contributed by atoms with van der Waals surface area (Å²) in [6.07, 6.45) is 0.874. The van der Waals surface area contributed by atoms with E-state index < -0.39 is 8.07 Å². The van der Waals surface area contributed by atoms with Crippen LogP contribution in [-0.2, 0) is 16.0 Å². The molecule has 41 heavy (non-hydrogen) atoms. The molecule has 1 aliphatic rings. The van der Waals surface area contributed by atoms with Gasteiger partial charge in [-0.25, -0.2) is 4.98 Å². The zero-order valence-corrected chi connectivity index (χ0v) is 25.7. The number of hydrogen-bond acceptors (Lipinski definition) is 11. The van der Waals surface area contributed by atoms with Gasteiger partial charge in [-0.05, 0) is 32.0 Å². The summed E-state index contributed by atoms with van der Waals surface area (Å²) in [7, 11) is 1.34. The van der Waals surface area contributed by atoms with Gasteiger partial charge >= 0.3 is 0 Å². The van der Waals surface area contributed by atoms with Crippen LogP contribution in [0.5, 0.6) is 23.6 Å². The summed E-state index contributed by atoms with van der Waals surface area (Å²) < 4.78 is 28.0. The summed E-state index contributed by atoms with van der Waals surface area (Å²) in [6.45, 7) is 13.7. The van der Waals surface area contributed by atoms with Crippen molar-refractivity contribution in [1.29, 1.82) is 0 Å². The van der Waals surface area contributed by atoms with Crippen molar-refractivity contribution in [2.24, 2.45) is 0 Å². The molecule has 1 saturated heterocycles. The number of aryl methyl sites for hydroxylation is 1. The van der Waals surface area contributed by atoms with Gasteiger partial charge in [0.1, 0.15) is 13.8 Å². The zero-order chi connectivity index (χ0) is 29.4. The highest BCUT2D eigenvalue weighted by Crippen LogP contribution is 2.33. The van der Waals surface area contributed by atoms with Crippen LogP contribution in [0.15, 0.2) is 28.7 Å². The van der Waals surface area contributed by atoms with E-state index in [1.54, 1.807) is 12.1 Å². The Balaban J connectivity index is 1.35. The molecule has 3 aromatic heterocycles. The molecule has 0 spiro atoms. The Morgan fingerprint density at radius 1 is 1.00 bits per heavy atom. The highest BCUT2D eigenvalue weighted by atomic mass is 28.3. The number of carbonyl (C=O) groups excluding carboxylic acids is 1. The van der Waals surface area contributed by atoms with Gasteiger partial charge < -0.3 is 34.0 Å². The Morgan fingerprint density at radius 2 is 1.71 bits per heavy atom. The fourth-order valence-electron chi connectivity index (χ4n) is 4.21. The topological polar surface area (TPSA) is 133 Å². The number of morpholine rings is 1. The number of rotatable bonds is 13. The van der Waals surface area contributed by atoms with Crippen LogP contribution in [0.25, 0.3) is 0 Å². The molecule has 4 rings (SSSR count). The van der Waals surface area contributed by atoms with Crippen LogP contribution in [0.2, 0.25) is 19.6 Å². The quantitative estimate of drug-likeness (QED) is 0.226. The first-order chi connectivity index (χ1) is 19.7. The van der Waals surface area contributed by atoms with Crippen LogP contribution in [0.3, 0.4) is 0 Å². The molecule has 222 valence electrons. The fourth-order valence-corrected chi connectivity index (χ4v) is 5.23. The first kappa shape index (κ1) is 30.3. The minimum Gasteiger partial charge on any atom is -0.479 e. The van der Waals surface area contributed by atoms with Crippen molar-refractivity contribution in [3.63, 3.8) is 0 Å². The Kier molecular flexibility index (Phi) is 10.2. The number of amides is 1. The molecule has 1 aliphatic heterocycles. The van der Waals surface area contributed by atoms with Gasteiger partial charge in [-0.3, -0.25) is 9.69 Å². The van der Waals surface area contributed by atoms with E-state index in [2.05, 4.69) is 45.1 Å². The summed E-state index contributed by atoms with van der Waals surface area (Å²) in [5.74, 6) is 1.56. The van der Waals surface area contributed by atoms with Gasteiger partial charge in [0.05, 0.1) is 33.9 Å². The van der Waals surface area contributed by atoms with Gasteiger partial charge in [-0.1, -0.05) is 25.7 Å². The van der Waals surface area contributed by atoms with Crippen molar-refractivity contribution >= 4 is 30.9 Å². The van der Waals surface area contributed by atoms with E-state index in [1.807, 2.05) is 19.1 Å². The summed E-state index contributed by atoms with van der Waals surface area (Å²) in [4.78, 5) is 28.8. The number of hydrogen-bond donors (Lipinski definition) is 2. The molecular weight excluding hydrogens is 544 g/mol. The number of nitrogens with zero attached hydrogens (tertiary/aromatic N) is 4. The minimum absolute atomic E-state index is 0.0431. The Labute approximate surface area is 241 Å². The van der Waals surface area contributed by atoms with Crippen molar-refractivity contribution in [2.75, 3.05) is 64.2 Å². The van der Waals surface area contributed by atoms with Gasteiger partial charge in [0, 0.05) is 36.6 Å². The average molecular weight is 585 g/mol. The molecule has 0 aliphatic carbocycles. The maximum atomic E-state index is 12.9. The van der Waals surface area contributed by atoms with Gasteiger partial charge in [-0.15, -0.1) is 0 Å². The zero-order valence-electron chi connectivity index (χ0n) is 24.7. The lowest BCUT2D eigenvalue weighted by Gasteiger charge is -2.26. The molecule has 0 bridgehead atoms. The summed E-state index contributed by atoms with van der Waals surface area (Å²) >= 11 is 0. The first-order valence-electron chi connectivity index (χ1n) is 13.7. The lowest BCUT2D eigenvalue weighted by molar-refractivity contribution is -0.115. The number of pyridine rings is 1. The number of ether oxygens (including phenoxy) is 4. The molecule has 3 aromatic rings. The first-order valence-corrected chi connectivity index (χ1v) is 17.2. The number of methoxy groups -OCH3 is 2. The number of furan rings is 1. The van der Waals surface area contributed by atoms with Gasteiger partial charge in [0.15, 0.2) is 5.69 Å². The third-order valence-electron chi connectivity index (χ3n) is 6.52. The van der Waals surface area contributed by atoms with Crippen molar-refractivity contribution in [2.45, 2.75) is 39.4 Å². The highest BCUT2D eigenvalue weighted by molar-refractivity contribution is 6.88. The van der Waals surface area contributed by atoms with E-state index in [9.17, 15) is 4.79 Å². The molecular formula is C28H40N6O6Si. The van der Waals surface area contributed by atoms with E-state index in [0.717, 1.165) is 50.1 Å². The third kappa shape index (κ3) is 8.41.